The summed E-state index contributed by atoms with van der Waals surface area (Å²) in [5.41, 5.74) is 3.80. The molecule has 4 aromatic rings. The molecule has 0 spiro atoms. The summed E-state index contributed by atoms with van der Waals surface area (Å²) >= 11 is 8.24. The minimum atomic E-state index is -0.176. The molecular formula is C26H22ClIN2O3. The maximum Gasteiger partial charge on any atom is 0.262 e. The number of fused-ring (bicyclic) bond motifs is 1. The van der Waals surface area contributed by atoms with Gasteiger partial charge in [0.15, 0.2) is 0 Å². The second-order valence-electron chi connectivity index (χ2n) is 7.67. The van der Waals surface area contributed by atoms with Crippen molar-refractivity contribution in [3.05, 3.63) is 97.7 Å². The largest absolute Gasteiger partial charge is 0.497 e. The Balaban J connectivity index is 1.67. The van der Waals surface area contributed by atoms with E-state index in [1.54, 1.807) is 35.9 Å². The van der Waals surface area contributed by atoms with Gasteiger partial charge in [0.05, 0.1) is 19.0 Å². The maximum atomic E-state index is 13.4. The van der Waals surface area contributed by atoms with Crippen molar-refractivity contribution in [2.75, 3.05) is 7.11 Å². The third-order valence-electron chi connectivity index (χ3n) is 5.58. The van der Waals surface area contributed by atoms with Crippen LogP contribution in [0, 0.1) is 10.5 Å². The standard InChI is InChI=1S/C26H22ClIN2O3/c1-16-22(14-25(31)29-15-17-3-9-20(28)10-4-17)23-13-21(33-2)11-12-24(23)30(16)26(32)18-5-7-19(27)8-6-18/h3-13H,14-15H2,1-2H3,(H,29,31)/i28-4. The summed E-state index contributed by atoms with van der Waals surface area (Å²) in [5, 5.41) is 4.37. The first kappa shape index (κ1) is 23.3. The number of hydrogen-bond acceptors (Lipinski definition) is 3. The van der Waals surface area contributed by atoms with E-state index in [0.29, 0.717) is 22.9 Å². The first-order valence-electron chi connectivity index (χ1n) is 10.4. The Bertz CT molecular complexity index is 1330. The van der Waals surface area contributed by atoms with E-state index in [4.69, 9.17) is 16.3 Å². The van der Waals surface area contributed by atoms with E-state index >= 15 is 0 Å². The highest BCUT2D eigenvalue weighted by Crippen LogP contribution is 2.31. The fraction of sp³-hybridized carbons (Fsp3) is 0.154. The van der Waals surface area contributed by atoms with Crippen LogP contribution < -0.4 is 10.1 Å². The number of carbonyl (C=O) groups is 2. The summed E-state index contributed by atoms with van der Waals surface area (Å²) in [6.45, 7) is 2.31. The summed E-state index contributed by atoms with van der Waals surface area (Å²) in [5.74, 6) is 0.376. The van der Waals surface area contributed by atoms with Gasteiger partial charge in [0, 0.05) is 31.8 Å². The van der Waals surface area contributed by atoms with E-state index in [9.17, 15) is 9.59 Å². The van der Waals surface area contributed by atoms with Crippen molar-refractivity contribution in [1.29, 1.82) is 0 Å². The summed E-state index contributed by atoms with van der Waals surface area (Å²) < 4.78 is 8.19. The highest BCUT2D eigenvalue weighted by Gasteiger charge is 2.22. The molecule has 0 aliphatic carbocycles. The van der Waals surface area contributed by atoms with Crippen LogP contribution in [0.3, 0.4) is 0 Å². The zero-order chi connectivity index (χ0) is 23.5. The molecule has 1 heterocycles. The monoisotopic (exact) mass is 568 g/mol. The second kappa shape index (κ2) is 9.97. The summed E-state index contributed by atoms with van der Waals surface area (Å²) in [6, 6.07) is 20.3. The predicted octanol–water partition coefficient (Wildman–Crippen LogP) is 5.76. The topological polar surface area (TPSA) is 60.3 Å². The average Bonchev–Trinajstić information content (AvgIpc) is 3.09. The Morgan fingerprint density at radius 3 is 2.39 bits per heavy atom. The Morgan fingerprint density at radius 2 is 1.73 bits per heavy atom. The van der Waals surface area contributed by atoms with Gasteiger partial charge >= 0.3 is 0 Å². The normalized spacial score (nSPS) is 10.9. The van der Waals surface area contributed by atoms with Crippen molar-refractivity contribution in [2.24, 2.45) is 0 Å². The first-order valence-corrected chi connectivity index (χ1v) is 11.8. The van der Waals surface area contributed by atoms with Crippen LogP contribution in [0.2, 0.25) is 5.02 Å². The van der Waals surface area contributed by atoms with Crippen molar-refractivity contribution in [1.82, 2.24) is 9.88 Å². The van der Waals surface area contributed by atoms with Gasteiger partial charge in [-0.2, -0.15) is 0 Å². The molecule has 0 atom stereocenters. The lowest BCUT2D eigenvalue weighted by molar-refractivity contribution is -0.120. The fourth-order valence-electron chi connectivity index (χ4n) is 3.82. The molecule has 0 bridgehead atoms. The van der Waals surface area contributed by atoms with E-state index in [1.807, 2.05) is 49.4 Å². The summed E-state index contributed by atoms with van der Waals surface area (Å²) in [4.78, 5) is 26.2. The van der Waals surface area contributed by atoms with Gasteiger partial charge in [-0.05, 0) is 95.2 Å². The van der Waals surface area contributed by atoms with Gasteiger partial charge in [0.25, 0.3) is 5.91 Å². The number of rotatable bonds is 6. The molecule has 0 saturated carbocycles. The van der Waals surface area contributed by atoms with Gasteiger partial charge in [0.2, 0.25) is 5.91 Å². The van der Waals surface area contributed by atoms with Crippen molar-refractivity contribution in [3.63, 3.8) is 0 Å². The number of nitrogens with one attached hydrogen (secondary N) is 1. The van der Waals surface area contributed by atoms with Crippen LogP contribution in [0.25, 0.3) is 10.9 Å². The van der Waals surface area contributed by atoms with Crippen molar-refractivity contribution in [2.45, 2.75) is 19.9 Å². The lowest BCUT2D eigenvalue weighted by Gasteiger charge is -2.09. The quantitative estimate of drug-likeness (QED) is 0.301. The average molecular weight is 569 g/mol. The minimum absolute atomic E-state index is 0.113. The van der Waals surface area contributed by atoms with Gasteiger partial charge < -0.3 is 10.1 Å². The molecule has 7 heteroatoms. The number of ether oxygens (including phenoxy) is 1. The van der Waals surface area contributed by atoms with Crippen LogP contribution in [0.4, 0.5) is 0 Å². The molecule has 0 saturated heterocycles. The molecule has 168 valence electrons. The van der Waals surface area contributed by atoms with Gasteiger partial charge in [-0.3, -0.25) is 14.2 Å². The number of halogens is 2. The molecule has 0 radical (unpaired) electrons. The Morgan fingerprint density at radius 1 is 1.03 bits per heavy atom. The molecule has 1 amide bonds. The molecule has 4 rings (SSSR count). The van der Waals surface area contributed by atoms with E-state index in [2.05, 4.69) is 27.9 Å². The Kier molecular flexibility index (Phi) is 7.05. The van der Waals surface area contributed by atoms with E-state index in [0.717, 1.165) is 31.3 Å². The van der Waals surface area contributed by atoms with E-state index in [1.165, 1.54) is 0 Å². The Hall–Kier alpha value is -2.84. The number of benzene rings is 3. The van der Waals surface area contributed by atoms with Crippen LogP contribution in [0.15, 0.2) is 66.7 Å². The fourth-order valence-corrected chi connectivity index (χ4v) is 4.31. The lowest BCUT2D eigenvalue weighted by atomic mass is 10.1. The molecule has 33 heavy (non-hydrogen) atoms. The second-order valence-corrected chi connectivity index (χ2v) is 9.36. The maximum absolute atomic E-state index is 13.4. The lowest BCUT2D eigenvalue weighted by Crippen LogP contribution is -2.25. The molecule has 1 aromatic heterocycles. The highest BCUT2D eigenvalue weighted by molar-refractivity contribution is 14.1. The van der Waals surface area contributed by atoms with Crippen molar-refractivity contribution < 1.29 is 14.3 Å². The van der Waals surface area contributed by atoms with Crippen LogP contribution in [-0.2, 0) is 17.8 Å². The molecular weight excluding hydrogens is 547 g/mol. The Labute approximate surface area is 210 Å². The number of nitrogens with zero attached hydrogens (tertiary/aromatic N) is 1. The van der Waals surface area contributed by atoms with Gasteiger partial charge in [0.1, 0.15) is 5.75 Å². The number of amides is 1. The summed E-state index contributed by atoms with van der Waals surface area (Å²) in [7, 11) is 1.59. The molecule has 0 aliphatic rings. The zero-order valence-electron chi connectivity index (χ0n) is 18.2. The van der Waals surface area contributed by atoms with Crippen LogP contribution in [0.1, 0.15) is 27.2 Å². The third kappa shape index (κ3) is 5.07. The van der Waals surface area contributed by atoms with E-state index < -0.39 is 0 Å². The van der Waals surface area contributed by atoms with Gasteiger partial charge in [-0.25, -0.2) is 0 Å². The number of carbonyl (C=O) groups excluding carboxylic acids is 2. The third-order valence-corrected chi connectivity index (χ3v) is 6.55. The number of hydrogen-bond donors (Lipinski definition) is 1. The van der Waals surface area contributed by atoms with Crippen molar-refractivity contribution >= 4 is 56.9 Å². The van der Waals surface area contributed by atoms with Crippen LogP contribution in [-0.4, -0.2) is 23.5 Å². The molecule has 0 fully saturated rings. The van der Waals surface area contributed by atoms with Gasteiger partial charge in [-0.1, -0.05) is 23.7 Å². The molecule has 5 nitrogen and oxygen atoms in total. The SMILES string of the molecule is COc1ccc2c(c1)c(CC(=O)NCc1ccc([123I])cc1)c(C)n2C(=O)c1ccc(Cl)cc1. The molecule has 1 N–H and O–H groups in total. The summed E-state index contributed by atoms with van der Waals surface area (Å²) in [6.07, 6.45) is 0.154. The number of methoxy groups -OCH3 is 1. The smallest absolute Gasteiger partial charge is 0.262 e. The first-order chi connectivity index (χ1) is 15.9. The molecule has 0 unspecified atom stereocenters. The predicted molar refractivity (Wildman–Crippen MR) is 139 cm³/mol. The number of aromatic nitrogens is 1. The molecule has 0 aliphatic heterocycles. The minimum Gasteiger partial charge on any atom is -0.497 e. The van der Waals surface area contributed by atoms with Gasteiger partial charge in [-0.15, -0.1) is 0 Å². The van der Waals surface area contributed by atoms with Crippen molar-refractivity contribution in [3.8, 4) is 5.75 Å². The van der Waals surface area contributed by atoms with Crippen LogP contribution >= 0.6 is 34.2 Å². The molecule has 3 aromatic carbocycles. The zero-order valence-corrected chi connectivity index (χ0v) is 21.1. The highest BCUT2D eigenvalue weighted by atomic mass is 123. The van der Waals surface area contributed by atoms with E-state index in [-0.39, 0.29) is 18.2 Å². The van der Waals surface area contributed by atoms with Crippen LogP contribution in [0.5, 0.6) is 5.75 Å².